The van der Waals surface area contributed by atoms with E-state index < -0.39 is 30.0 Å². The maximum absolute atomic E-state index is 12.6. The molecule has 1 aromatic heterocycles. The van der Waals surface area contributed by atoms with E-state index in [1.54, 1.807) is 0 Å². The smallest absolute Gasteiger partial charge is 0.388 e. The van der Waals surface area contributed by atoms with Crippen LogP contribution in [0.4, 0.5) is 13.6 Å². The summed E-state index contributed by atoms with van der Waals surface area (Å²) in [6.07, 6.45) is 2.96. The summed E-state index contributed by atoms with van der Waals surface area (Å²) in [6, 6.07) is 1.69. The first-order valence-corrected chi connectivity index (χ1v) is 7.66. The number of methoxy groups -OCH3 is 1. The van der Waals surface area contributed by atoms with Gasteiger partial charge in [0.1, 0.15) is 5.54 Å². The summed E-state index contributed by atoms with van der Waals surface area (Å²) < 4.78 is 39.4. The minimum atomic E-state index is -3.16. The first-order valence-electron chi connectivity index (χ1n) is 7.66. The fourth-order valence-electron chi connectivity index (χ4n) is 2.74. The molecular formula is C15H19F2N3O5. The van der Waals surface area contributed by atoms with E-state index in [-0.39, 0.29) is 11.6 Å². The fraction of sp³-hybridized carbons (Fsp3) is 0.533. The molecule has 3 N–H and O–H groups in total. The summed E-state index contributed by atoms with van der Waals surface area (Å²) in [5.41, 5.74) is 3.86. The second-order valence-electron chi connectivity index (χ2n) is 5.56. The van der Waals surface area contributed by atoms with Gasteiger partial charge in [-0.25, -0.2) is 9.59 Å². The summed E-state index contributed by atoms with van der Waals surface area (Å²) in [5, 5.41) is 2.43. The number of urea groups is 1. The molecule has 1 aliphatic carbocycles. The quantitative estimate of drug-likeness (QED) is 0.751. The average Bonchev–Trinajstić information content (AvgIpc) is 2.56. The van der Waals surface area contributed by atoms with Gasteiger partial charge in [-0.15, -0.1) is 0 Å². The Labute approximate surface area is 142 Å². The maximum atomic E-state index is 12.6. The molecule has 0 atom stereocenters. The monoisotopic (exact) mass is 359 g/mol. The van der Waals surface area contributed by atoms with Crippen LogP contribution in [0, 0.1) is 0 Å². The number of halogens is 2. The van der Waals surface area contributed by atoms with Crippen molar-refractivity contribution in [1.29, 1.82) is 0 Å². The van der Waals surface area contributed by atoms with Crippen LogP contribution in [0.15, 0.2) is 12.1 Å². The van der Waals surface area contributed by atoms with Crippen molar-refractivity contribution in [3.05, 3.63) is 12.1 Å². The van der Waals surface area contributed by atoms with E-state index >= 15 is 0 Å². The van der Waals surface area contributed by atoms with Gasteiger partial charge in [-0.05, 0) is 18.9 Å². The van der Waals surface area contributed by atoms with Crippen LogP contribution >= 0.6 is 0 Å². The Kier molecular flexibility index (Phi) is 5.94. The summed E-state index contributed by atoms with van der Waals surface area (Å²) in [4.78, 5) is 27.6. The molecule has 0 spiro atoms. The highest BCUT2D eigenvalue weighted by molar-refractivity contribution is 5.88. The Bertz CT molecular complexity index is 636. The van der Waals surface area contributed by atoms with E-state index in [0.717, 1.165) is 6.42 Å². The number of carbonyl (C=O) groups is 2. The van der Waals surface area contributed by atoms with Gasteiger partial charge < -0.3 is 25.3 Å². The predicted octanol–water partition coefficient (Wildman–Crippen LogP) is 1.97. The fourth-order valence-corrected chi connectivity index (χ4v) is 2.74. The Balaban J connectivity index is 2.26. The SMILES string of the molecule is COc1ccc(OC(=O)C2(NC(N)=O)CCCCC2)c(OC(F)F)n1. The second kappa shape index (κ2) is 7.95. The van der Waals surface area contributed by atoms with Gasteiger partial charge in [-0.2, -0.15) is 13.8 Å². The number of hydrogen-bond acceptors (Lipinski definition) is 6. The molecule has 1 saturated carbocycles. The van der Waals surface area contributed by atoms with Crippen LogP contribution in [-0.4, -0.2) is 36.2 Å². The third-order valence-electron chi connectivity index (χ3n) is 3.87. The Morgan fingerprint density at radius 2 is 1.96 bits per heavy atom. The van der Waals surface area contributed by atoms with Gasteiger partial charge in [-0.3, -0.25) is 0 Å². The Hall–Kier alpha value is -2.65. The van der Waals surface area contributed by atoms with Gasteiger partial charge in [-0.1, -0.05) is 19.3 Å². The number of nitrogens with one attached hydrogen (secondary N) is 1. The average molecular weight is 359 g/mol. The van der Waals surface area contributed by atoms with Gasteiger partial charge in [0.05, 0.1) is 7.11 Å². The number of primary amides is 1. The molecule has 0 radical (unpaired) electrons. The number of amides is 2. The first kappa shape index (κ1) is 18.7. The van der Waals surface area contributed by atoms with Crippen LogP contribution in [0.5, 0.6) is 17.5 Å². The van der Waals surface area contributed by atoms with Crippen molar-refractivity contribution in [2.45, 2.75) is 44.3 Å². The van der Waals surface area contributed by atoms with Gasteiger partial charge >= 0.3 is 18.6 Å². The van der Waals surface area contributed by atoms with Gasteiger partial charge in [0.25, 0.3) is 5.88 Å². The lowest BCUT2D eigenvalue weighted by Gasteiger charge is -2.34. The highest BCUT2D eigenvalue weighted by Gasteiger charge is 2.42. The van der Waals surface area contributed by atoms with Crippen molar-refractivity contribution in [3.8, 4) is 17.5 Å². The predicted molar refractivity (Wildman–Crippen MR) is 81.6 cm³/mol. The third-order valence-corrected chi connectivity index (χ3v) is 3.87. The zero-order chi connectivity index (χ0) is 18.4. The number of ether oxygens (including phenoxy) is 3. The minimum Gasteiger partial charge on any atom is -0.481 e. The number of alkyl halides is 2. The zero-order valence-corrected chi connectivity index (χ0v) is 13.6. The number of hydrogen-bond donors (Lipinski definition) is 2. The van der Waals surface area contributed by atoms with Crippen LogP contribution in [0.2, 0.25) is 0 Å². The van der Waals surface area contributed by atoms with Crippen molar-refractivity contribution < 1.29 is 32.6 Å². The van der Waals surface area contributed by atoms with Crippen LogP contribution in [0.3, 0.4) is 0 Å². The van der Waals surface area contributed by atoms with E-state index in [2.05, 4.69) is 15.0 Å². The molecule has 0 bridgehead atoms. The number of nitrogens with two attached hydrogens (primary N) is 1. The van der Waals surface area contributed by atoms with E-state index in [4.69, 9.17) is 15.2 Å². The Morgan fingerprint density at radius 1 is 1.28 bits per heavy atom. The number of pyridine rings is 1. The van der Waals surface area contributed by atoms with Gasteiger partial charge in [0.15, 0.2) is 5.75 Å². The second-order valence-corrected chi connectivity index (χ2v) is 5.56. The molecule has 1 heterocycles. The summed E-state index contributed by atoms with van der Waals surface area (Å²) in [5.74, 6) is -1.69. The molecule has 1 aromatic rings. The number of nitrogens with zero attached hydrogens (tertiary/aromatic N) is 1. The van der Waals surface area contributed by atoms with E-state index in [1.807, 2.05) is 0 Å². The molecule has 8 nitrogen and oxygen atoms in total. The number of aromatic nitrogens is 1. The van der Waals surface area contributed by atoms with Crippen molar-refractivity contribution in [3.63, 3.8) is 0 Å². The molecule has 2 rings (SSSR count). The van der Waals surface area contributed by atoms with Crippen molar-refractivity contribution in [2.75, 3.05) is 7.11 Å². The largest absolute Gasteiger partial charge is 0.481 e. The van der Waals surface area contributed by atoms with Gasteiger partial charge in [0, 0.05) is 6.07 Å². The third kappa shape index (κ3) is 4.68. The van der Waals surface area contributed by atoms with Crippen molar-refractivity contribution >= 4 is 12.0 Å². The summed E-state index contributed by atoms with van der Waals surface area (Å²) in [6.45, 7) is -3.16. The topological polar surface area (TPSA) is 113 Å². The lowest BCUT2D eigenvalue weighted by atomic mass is 9.81. The Morgan fingerprint density at radius 3 is 2.52 bits per heavy atom. The summed E-state index contributed by atoms with van der Waals surface area (Å²) >= 11 is 0. The normalized spacial score (nSPS) is 16.2. The first-order chi connectivity index (χ1) is 11.9. The lowest BCUT2D eigenvalue weighted by molar-refractivity contribution is -0.143. The van der Waals surface area contributed by atoms with Crippen molar-refractivity contribution in [2.24, 2.45) is 5.73 Å². The minimum absolute atomic E-state index is 0.0121. The molecule has 0 unspecified atom stereocenters. The number of rotatable bonds is 6. The highest BCUT2D eigenvalue weighted by Crippen LogP contribution is 2.33. The van der Waals surface area contributed by atoms with Crippen LogP contribution in [-0.2, 0) is 4.79 Å². The zero-order valence-electron chi connectivity index (χ0n) is 13.6. The number of esters is 1. The van der Waals surface area contributed by atoms with Crippen LogP contribution in [0.25, 0.3) is 0 Å². The molecule has 10 heteroatoms. The molecule has 2 amide bonds. The van der Waals surface area contributed by atoms with E-state index in [9.17, 15) is 18.4 Å². The van der Waals surface area contributed by atoms with E-state index in [1.165, 1.54) is 19.2 Å². The molecule has 0 aliphatic heterocycles. The molecule has 25 heavy (non-hydrogen) atoms. The number of carbonyl (C=O) groups excluding carboxylic acids is 2. The summed E-state index contributed by atoms with van der Waals surface area (Å²) in [7, 11) is 1.30. The molecule has 1 fully saturated rings. The lowest BCUT2D eigenvalue weighted by Crippen LogP contribution is -2.58. The molecular weight excluding hydrogens is 340 g/mol. The highest BCUT2D eigenvalue weighted by atomic mass is 19.3. The molecule has 0 saturated heterocycles. The van der Waals surface area contributed by atoms with Crippen LogP contribution in [0.1, 0.15) is 32.1 Å². The molecule has 1 aliphatic rings. The molecule has 138 valence electrons. The standard InChI is InChI=1S/C15H19F2N3O5/c1-23-10-6-5-9(11(19-10)25-13(16)17)24-12(21)15(20-14(18)22)7-3-2-4-8-15/h5-6,13H,2-4,7-8H2,1H3,(H3,18,20,22). The van der Waals surface area contributed by atoms with Crippen molar-refractivity contribution in [1.82, 2.24) is 10.3 Å². The molecule has 0 aromatic carbocycles. The van der Waals surface area contributed by atoms with Gasteiger partial charge in [0.2, 0.25) is 5.88 Å². The van der Waals surface area contributed by atoms with Crippen LogP contribution < -0.4 is 25.3 Å². The van der Waals surface area contributed by atoms with E-state index in [0.29, 0.717) is 25.7 Å². The maximum Gasteiger partial charge on any atom is 0.388 e.